The Morgan fingerprint density at radius 2 is 2.46 bits per heavy atom. The minimum absolute atomic E-state index is 0.0264. The summed E-state index contributed by atoms with van der Waals surface area (Å²) in [7, 11) is 1.55. The van der Waals surface area contributed by atoms with Gasteiger partial charge in [-0.3, -0.25) is 0 Å². The highest BCUT2D eigenvalue weighted by molar-refractivity contribution is 6.28. The lowest BCUT2D eigenvalue weighted by Gasteiger charge is -1.95. The summed E-state index contributed by atoms with van der Waals surface area (Å²) in [4.78, 5) is 7.16. The Kier molecular flexibility index (Phi) is 3.79. The van der Waals surface area contributed by atoms with E-state index in [2.05, 4.69) is 9.97 Å². The lowest BCUT2D eigenvalue weighted by molar-refractivity contribution is 0.234. The van der Waals surface area contributed by atoms with Gasteiger partial charge in [0.1, 0.15) is 5.69 Å². The number of hydrogen-bond donors (Lipinski definition) is 0. The average Bonchev–Trinajstić information content (AvgIpc) is 2.11. The van der Waals surface area contributed by atoms with Crippen molar-refractivity contribution < 1.29 is 9.13 Å². The fourth-order valence-corrected chi connectivity index (χ4v) is 0.870. The standard InChI is InChI=1S/C8H8ClFN2O/c1-13-4-2-3-7-6(10)5-11-8(9)12-7/h2-3,5H,4H2,1H3/b3-2+. The second-order valence-electron chi connectivity index (χ2n) is 2.23. The summed E-state index contributed by atoms with van der Waals surface area (Å²) in [6, 6.07) is 0. The lowest BCUT2D eigenvalue weighted by atomic mass is 10.3. The van der Waals surface area contributed by atoms with Crippen LogP contribution in [-0.2, 0) is 4.74 Å². The van der Waals surface area contributed by atoms with E-state index in [-0.39, 0.29) is 11.0 Å². The number of nitrogens with zero attached hydrogens (tertiary/aromatic N) is 2. The molecule has 1 aromatic rings. The fourth-order valence-electron chi connectivity index (χ4n) is 0.731. The Morgan fingerprint density at radius 3 is 3.15 bits per heavy atom. The molecule has 5 heteroatoms. The van der Waals surface area contributed by atoms with Crippen molar-refractivity contribution in [3.8, 4) is 0 Å². The summed E-state index contributed by atoms with van der Waals surface area (Å²) in [6.07, 6.45) is 4.16. The summed E-state index contributed by atoms with van der Waals surface area (Å²) in [6.45, 7) is 0.404. The highest BCUT2D eigenvalue weighted by Crippen LogP contribution is 2.07. The Hall–Kier alpha value is -1.00. The van der Waals surface area contributed by atoms with E-state index in [1.165, 1.54) is 6.08 Å². The highest BCUT2D eigenvalue weighted by atomic mass is 35.5. The van der Waals surface area contributed by atoms with Crippen LogP contribution in [0.5, 0.6) is 0 Å². The molecule has 0 radical (unpaired) electrons. The van der Waals surface area contributed by atoms with Crippen LogP contribution in [-0.4, -0.2) is 23.7 Å². The number of rotatable bonds is 3. The Labute approximate surface area is 80.2 Å². The van der Waals surface area contributed by atoms with Gasteiger partial charge in [0.2, 0.25) is 5.28 Å². The SMILES string of the molecule is COC/C=C/c1nc(Cl)ncc1F. The first-order valence-corrected chi connectivity index (χ1v) is 3.95. The van der Waals surface area contributed by atoms with Crippen molar-refractivity contribution in [1.29, 1.82) is 0 Å². The minimum Gasteiger partial charge on any atom is -0.381 e. The summed E-state index contributed by atoms with van der Waals surface area (Å²) >= 11 is 5.48. The molecule has 1 aromatic heterocycles. The highest BCUT2D eigenvalue weighted by Gasteiger charge is 2.00. The van der Waals surface area contributed by atoms with Gasteiger partial charge in [0.25, 0.3) is 0 Å². The van der Waals surface area contributed by atoms with Crippen LogP contribution in [0, 0.1) is 5.82 Å². The van der Waals surface area contributed by atoms with E-state index >= 15 is 0 Å². The number of methoxy groups -OCH3 is 1. The van der Waals surface area contributed by atoms with Gasteiger partial charge in [0, 0.05) is 7.11 Å². The normalized spacial score (nSPS) is 11.0. The van der Waals surface area contributed by atoms with Gasteiger partial charge < -0.3 is 4.74 Å². The van der Waals surface area contributed by atoms with Gasteiger partial charge in [-0.2, -0.15) is 0 Å². The summed E-state index contributed by atoms with van der Waals surface area (Å²) in [5.41, 5.74) is 0.164. The number of halogens is 2. The average molecular weight is 203 g/mol. The zero-order chi connectivity index (χ0) is 9.68. The van der Waals surface area contributed by atoms with Gasteiger partial charge in [-0.25, -0.2) is 14.4 Å². The van der Waals surface area contributed by atoms with E-state index in [1.54, 1.807) is 13.2 Å². The molecular weight excluding hydrogens is 195 g/mol. The maximum atomic E-state index is 12.9. The monoisotopic (exact) mass is 202 g/mol. The van der Waals surface area contributed by atoms with Crippen molar-refractivity contribution in [2.75, 3.05) is 13.7 Å². The zero-order valence-electron chi connectivity index (χ0n) is 7.00. The zero-order valence-corrected chi connectivity index (χ0v) is 7.75. The molecule has 0 N–H and O–H groups in total. The third kappa shape index (κ3) is 3.08. The molecule has 0 saturated carbocycles. The first kappa shape index (κ1) is 10.1. The first-order chi connectivity index (χ1) is 6.24. The van der Waals surface area contributed by atoms with Gasteiger partial charge in [-0.1, -0.05) is 6.08 Å². The first-order valence-electron chi connectivity index (χ1n) is 3.57. The van der Waals surface area contributed by atoms with Gasteiger partial charge >= 0.3 is 0 Å². The van der Waals surface area contributed by atoms with Gasteiger partial charge in [-0.15, -0.1) is 0 Å². The smallest absolute Gasteiger partial charge is 0.223 e. The Morgan fingerprint density at radius 1 is 1.69 bits per heavy atom. The van der Waals surface area contributed by atoms with Crippen molar-refractivity contribution in [3.05, 3.63) is 29.1 Å². The molecular formula is C8H8ClFN2O. The third-order valence-corrected chi connectivity index (χ3v) is 1.46. The predicted molar refractivity (Wildman–Crippen MR) is 47.9 cm³/mol. The molecule has 0 aliphatic heterocycles. The van der Waals surface area contributed by atoms with Crippen LogP contribution in [0.1, 0.15) is 5.69 Å². The van der Waals surface area contributed by atoms with Crippen molar-refractivity contribution >= 4 is 17.7 Å². The van der Waals surface area contributed by atoms with Gasteiger partial charge in [0.15, 0.2) is 5.82 Å². The maximum absolute atomic E-state index is 12.9. The van der Waals surface area contributed by atoms with Crippen LogP contribution in [0.3, 0.4) is 0 Å². The molecule has 0 spiro atoms. The number of aromatic nitrogens is 2. The van der Waals surface area contributed by atoms with Crippen LogP contribution in [0.15, 0.2) is 12.3 Å². The molecule has 1 rings (SSSR count). The van der Waals surface area contributed by atoms with Crippen molar-refractivity contribution in [3.63, 3.8) is 0 Å². The third-order valence-electron chi connectivity index (χ3n) is 1.28. The quantitative estimate of drug-likeness (QED) is 0.703. The van der Waals surface area contributed by atoms with E-state index < -0.39 is 5.82 Å². The molecule has 0 aromatic carbocycles. The van der Waals surface area contributed by atoms with E-state index in [1.807, 2.05) is 0 Å². The second-order valence-corrected chi connectivity index (χ2v) is 2.57. The van der Waals surface area contributed by atoms with Gasteiger partial charge in [0.05, 0.1) is 12.8 Å². The number of ether oxygens (including phenoxy) is 1. The van der Waals surface area contributed by atoms with Crippen LogP contribution in [0.25, 0.3) is 6.08 Å². The molecule has 0 aliphatic carbocycles. The molecule has 0 saturated heterocycles. The molecule has 0 atom stereocenters. The molecule has 0 bridgehead atoms. The van der Waals surface area contributed by atoms with Gasteiger partial charge in [-0.05, 0) is 17.7 Å². The fraction of sp³-hybridized carbons (Fsp3) is 0.250. The van der Waals surface area contributed by atoms with Crippen LogP contribution in [0.2, 0.25) is 5.28 Å². The maximum Gasteiger partial charge on any atom is 0.223 e. The molecule has 70 valence electrons. The molecule has 0 aliphatic rings. The van der Waals surface area contributed by atoms with Crippen LogP contribution >= 0.6 is 11.6 Å². The predicted octanol–water partition coefficient (Wildman–Crippen LogP) is 1.93. The second kappa shape index (κ2) is 4.89. The minimum atomic E-state index is -0.503. The summed E-state index contributed by atoms with van der Waals surface area (Å²) in [5, 5.41) is 0.0264. The molecule has 0 amide bonds. The number of hydrogen-bond acceptors (Lipinski definition) is 3. The summed E-state index contributed by atoms with van der Waals surface area (Å²) in [5.74, 6) is -0.503. The Bertz CT molecular complexity index is 317. The van der Waals surface area contributed by atoms with E-state index in [0.717, 1.165) is 6.20 Å². The summed E-state index contributed by atoms with van der Waals surface area (Å²) < 4.78 is 17.7. The van der Waals surface area contributed by atoms with Crippen molar-refractivity contribution in [2.45, 2.75) is 0 Å². The molecule has 0 fully saturated rings. The van der Waals surface area contributed by atoms with Crippen LogP contribution in [0.4, 0.5) is 4.39 Å². The van der Waals surface area contributed by atoms with E-state index in [9.17, 15) is 4.39 Å². The Balaban J connectivity index is 2.81. The molecule has 0 unspecified atom stereocenters. The topological polar surface area (TPSA) is 35.0 Å². The van der Waals surface area contributed by atoms with E-state index in [4.69, 9.17) is 16.3 Å². The molecule has 3 nitrogen and oxygen atoms in total. The largest absolute Gasteiger partial charge is 0.381 e. The molecule has 13 heavy (non-hydrogen) atoms. The van der Waals surface area contributed by atoms with Crippen LogP contribution < -0.4 is 0 Å². The molecule has 1 heterocycles. The van der Waals surface area contributed by atoms with Crippen molar-refractivity contribution in [2.24, 2.45) is 0 Å². The van der Waals surface area contributed by atoms with Crippen molar-refractivity contribution in [1.82, 2.24) is 9.97 Å². The lowest BCUT2D eigenvalue weighted by Crippen LogP contribution is -1.91. The van der Waals surface area contributed by atoms with E-state index in [0.29, 0.717) is 6.61 Å².